The Morgan fingerprint density at radius 2 is 2.00 bits per heavy atom. The molecule has 0 atom stereocenters. The second kappa shape index (κ2) is 6.44. The van der Waals surface area contributed by atoms with Crippen LogP contribution in [0.5, 0.6) is 0 Å². The minimum atomic E-state index is 0.0948. The molecule has 0 aliphatic rings. The highest BCUT2D eigenvalue weighted by molar-refractivity contribution is 5.87. The highest BCUT2D eigenvalue weighted by Gasteiger charge is 2.11. The van der Waals surface area contributed by atoms with Gasteiger partial charge in [-0.2, -0.15) is 0 Å². The first-order valence-electron chi connectivity index (χ1n) is 8.23. The van der Waals surface area contributed by atoms with Crippen molar-refractivity contribution in [2.45, 2.75) is 19.8 Å². The Hall–Kier alpha value is -3.48. The van der Waals surface area contributed by atoms with Crippen LogP contribution in [0, 0.1) is 6.92 Å². The molecular weight excluding hydrogens is 330 g/mol. The number of aryl methyl sites for hydroxylation is 1. The van der Waals surface area contributed by atoms with Gasteiger partial charge in [0.2, 0.25) is 0 Å². The Balaban J connectivity index is 1.53. The molecule has 7 nitrogen and oxygen atoms in total. The number of carbonyl (C=O) groups excluding carboxylic acids is 1. The molecule has 7 heteroatoms. The van der Waals surface area contributed by atoms with Gasteiger partial charge in [-0.25, -0.2) is 4.52 Å². The van der Waals surface area contributed by atoms with Crippen LogP contribution < -0.4 is 5.73 Å². The maximum Gasteiger partial charge on any atom is 0.174 e. The van der Waals surface area contributed by atoms with Crippen molar-refractivity contribution in [3.05, 3.63) is 65.7 Å². The molecule has 0 aliphatic heterocycles. The molecule has 0 spiro atoms. The standard InChI is InChI=1S/C19H17N5O2/c1-12-9-15(22-26-12)11-16(25)10-13-4-6-14(7-5-13)17-3-2-8-24-18(17)19(20)21-23-24/h2-9H,10-11,20H2,1H3. The molecule has 26 heavy (non-hydrogen) atoms. The van der Waals surface area contributed by atoms with E-state index < -0.39 is 0 Å². The fraction of sp³-hybridized carbons (Fsp3) is 0.158. The van der Waals surface area contributed by atoms with E-state index in [1.54, 1.807) is 16.8 Å². The van der Waals surface area contributed by atoms with E-state index in [9.17, 15) is 4.79 Å². The lowest BCUT2D eigenvalue weighted by Crippen LogP contribution is -2.06. The summed E-state index contributed by atoms with van der Waals surface area (Å²) in [6.45, 7) is 1.81. The molecule has 0 bridgehead atoms. The van der Waals surface area contributed by atoms with Crippen molar-refractivity contribution in [1.29, 1.82) is 0 Å². The fourth-order valence-corrected chi connectivity index (χ4v) is 3.00. The second-order valence-corrected chi connectivity index (χ2v) is 6.21. The summed E-state index contributed by atoms with van der Waals surface area (Å²) < 4.78 is 6.65. The number of hydrogen-bond acceptors (Lipinski definition) is 6. The average molecular weight is 347 g/mol. The lowest BCUT2D eigenvalue weighted by molar-refractivity contribution is -0.117. The number of nitrogens with two attached hydrogens (primary N) is 1. The first-order valence-corrected chi connectivity index (χ1v) is 8.23. The number of benzene rings is 1. The maximum absolute atomic E-state index is 12.2. The number of nitrogens with zero attached hydrogens (tertiary/aromatic N) is 4. The molecule has 0 saturated carbocycles. The van der Waals surface area contributed by atoms with Crippen molar-refractivity contribution in [3.8, 4) is 11.1 Å². The number of fused-ring (bicyclic) bond motifs is 1. The Morgan fingerprint density at radius 1 is 1.19 bits per heavy atom. The van der Waals surface area contributed by atoms with Gasteiger partial charge in [0.05, 0.1) is 12.1 Å². The number of aromatic nitrogens is 4. The molecule has 4 rings (SSSR count). The van der Waals surface area contributed by atoms with Crippen molar-refractivity contribution in [3.63, 3.8) is 0 Å². The molecule has 3 heterocycles. The van der Waals surface area contributed by atoms with Gasteiger partial charge in [0.1, 0.15) is 17.1 Å². The first-order chi connectivity index (χ1) is 12.6. The van der Waals surface area contributed by atoms with E-state index in [0.29, 0.717) is 23.7 Å². The van der Waals surface area contributed by atoms with Gasteiger partial charge in [-0.15, -0.1) is 5.10 Å². The fourth-order valence-electron chi connectivity index (χ4n) is 3.00. The third-order valence-electron chi connectivity index (χ3n) is 4.19. The first kappa shape index (κ1) is 16.0. The minimum Gasteiger partial charge on any atom is -0.380 e. The van der Waals surface area contributed by atoms with Crippen LogP contribution >= 0.6 is 0 Å². The molecule has 130 valence electrons. The maximum atomic E-state index is 12.2. The summed E-state index contributed by atoms with van der Waals surface area (Å²) in [6, 6.07) is 13.5. The third-order valence-corrected chi connectivity index (χ3v) is 4.19. The molecule has 0 aliphatic carbocycles. The van der Waals surface area contributed by atoms with Crippen LogP contribution in [0.3, 0.4) is 0 Å². The second-order valence-electron chi connectivity index (χ2n) is 6.21. The van der Waals surface area contributed by atoms with Gasteiger partial charge in [0.25, 0.3) is 0 Å². The summed E-state index contributed by atoms with van der Waals surface area (Å²) in [5.41, 5.74) is 10.3. The third kappa shape index (κ3) is 3.06. The normalized spacial score (nSPS) is 11.1. The van der Waals surface area contributed by atoms with E-state index >= 15 is 0 Å². The number of anilines is 1. The quantitative estimate of drug-likeness (QED) is 0.596. The van der Waals surface area contributed by atoms with Crippen LogP contribution in [0.2, 0.25) is 0 Å². The monoisotopic (exact) mass is 347 g/mol. The zero-order valence-corrected chi connectivity index (χ0v) is 14.2. The lowest BCUT2D eigenvalue weighted by atomic mass is 10.0. The summed E-state index contributed by atoms with van der Waals surface area (Å²) in [5, 5.41) is 11.8. The van der Waals surface area contributed by atoms with Crippen LogP contribution in [0.15, 0.2) is 53.2 Å². The summed E-state index contributed by atoms with van der Waals surface area (Å²) >= 11 is 0. The minimum absolute atomic E-state index is 0.0948. The average Bonchev–Trinajstić information content (AvgIpc) is 3.21. The van der Waals surface area contributed by atoms with E-state index in [-0.39, 0.29) is 12.2 Å². The number of carbonyl (C=O) groups is 1. The summed E-state index contributed by atoms with van der Waals surface area (Å²) in [4.78, 5) is 12.2. The summed E-state index contributed by atoms with van der Waals surface area (Å²) in [6.07, 6.45) is 2.43. The van der Waals surface area contributed by atoms with Gasteiger partial charge in [-0.3, -0.25) is 4.79 Å². The summed E-state index contributed by atoms with van der Waals surface area (Å²) in [5.74, 6) is 1.19. The van der Waals surface area contributed by atoms with Crippen molar-refractivity contribution in [1.82, 2.24) is 20.0 Å². The molecular formula is C19H17N5O2. The number of pyridine rings is 1. The van der Waals surface area contributed by atoms with Crippen LogP contribution in [0.1, 0.15) is 17.0 Å². The van der Waals surface area contributed by atoms with Crippen molar-refractivity contribution in [2.24, 2.45) is 0 Å². The smallest absolute Gasteiger partial charge is 0.174 e. The molecule has 0 fully saturated rings. The Kier molecular flexibility index (Phi) is 3.96. The number of Topliss-reactive ketones (excluding diaryl/α,β-unsaturated/α-hetero) is 1. The van der Waals surface area contributed by atoms with E-state index in [2.05, 4.69) is 15.5 Å². The van der Waals surface area contributed by atoms with Gasteiger partial charge in [-0.05, 0) is 24.1 Å². The van der Waals surface area contributed by atoms with Gasteiger partial charge in [0.15, 0.2) is 5.82 Å². The molecule has 0 radical (unpaired) electrons. The number of rotatable bonds is 5. The van der Waals surface area contributed by atoms with Crippen LogP contribution in [-0.4, -0.2) is 25.8 Å². The van der Waals surface area contributed by atoms with Crippen LogP contribution in [-0.2, 0) is 17.6 Å². The van der Waals surface area contributed by atoms with Crippen molar-refractivity contribution < 1.29 is 9.32 Å². The zero-order chi connectivity index (χ0) is 18.1. The molecule has 1 aromatic carbocycles. The number of ketones is 1. The van der Waals surface area contributed by atoms with Crippen LogP contribution in [0.4, 0.5) is 5.82 Å². The molecule has 2 N–H and O–H groups in total. The Morgan fingerprint density at radius 3 is 2.73 bits per heavy atom. The predicted molar refractivity (Wildman–Crippen MR) is 96.5 cm³/mol. The van der Waals surface area contributed by atoms with E-state index in [1.165, 1.54) is 0 Å². The van der Waals surface area contributed by atoms with E-state index in [1.807, 2.05) is 43.3 Å². The van der Waals surface area contributed by atoms with Gasteiger partial charge >= 0.3 is 0 Å². The van der Waals surface area contributed by atoms with E-state index in [4.69, 9.17) is 10.3 Å². The molecule has 3 aromatic heterocycles. The Bertz CT molecular complexity index is 1080. The summed E-state index contributed by atoms with van der Waals surface area (Å²) in [7, 11) is 0. The van der Waals surface area contributed by atoms with Crippen molar-refractivity contribution >= 4 is 17.1 Å². The van der Waals surface area contributed by atoms with E-state index in [0.717, 1.165) is 22.2 Å². The Labute approximate surface area is 149 Å². The highest BCUT2D eigenvalue weighted by Crippen LogP contribution is 2.27. The molecule has 0 amide bonds. The lowest BCUT2D eigenvalue weighted by Gasteiger charge is -2.06. The molecule has 0 saturated heterocycles. The number of hydrogen-bond donors (Lipinski definition) is 1. The largest absolute Gasteiger partial charge is 0.380 e. The zero-order valence-electron chi connectivity index (χ0n) is 14.2. The predicted octanol–water partition coefficient (Wildman–Crippen LogP) is 2.63. The molecule has 4 aromatic rings. The number of nitrogen functional groups attached to an aromatic ring is 1. The molecule has 0 unspecified atom stereocenters. The van der Waals surface area contributed by atoms with Crippen LogP contribution in [0.25, 0.3) is 16.6 Å². The van der Waals surface area contributed by atoms with Gasteiger partial charge < -0.3 is 10.3 Å². The SMILES string of the molecule is Cc1cc(CC(=O)Cc2ccc(-c3cccn4nnc(N)c34)cc2)no1. The topological polar surface area (TPSA) is 99.3 Å². The highest BCUT2D eigenvalue weighted by atomic mass is 16.5. The van der Waals surface area contributed by atoms with Crippen molar-refractivity contribution in [2.75, 3.05) is 5.73 Å². The van der Waals surface area contributed by atoms with Gasteiger partial charge in [-0.1, -0.05) is 40.7 Å². The van der Waals surface area contributed by atoms with Gasteiger partial charge in [0, 0.05) is 24.2 Å².